The van der Waals surface area contributed by atoms with Crippen LogP contribution < -0.4 is 5.32 Å². The Morgan fingerprint density at radius 1 is 1.39 bits per heavy atom. The average molecular weight is 258 g/mol. The third-order valence-corrected chi connectivity index (χ3v) is 4.02. The lowest BCUT2D eigenvalue weighted by Crippen LogP contribution is -2.19. The summed E-state index contributed by atoms with van der Waals surface area (Å²) in [6.45, 7) is 2.92. The number of nitrogens with zero attached hydrogens (tertiary/aromatic N) is 2. The van der Waals surface area contributed by atoms with Crippen molar-refractivity contribution >= 4 is 21.4 Å². The predicted molar refractivity (Wildman–Crippen MR) is 73.5 cm³/mol. The van der Waals surface area contributed by atoms with Gasteiger partial charge in [-0.15, -0.1) is 11.3 Å². The van der Waals surface area contributed by atoms with Crippen molar-refractivity contribution in [2.45, 2.75) is 19.5 Å². The first-order valence-electron chi connectivity index (χ1n) is 5.88. The van der Waals surface area contributed by atoms with E-state index < -0.39 is 0 Å². The molecule has 92 valence electrons. The van der Waals surface area contributed by atoms with Crippen molar-refractivity contribution in [1.29, 1.82) is 0 Å². The number of aromatic amines is 1. The van der Waals surface area contributed by atoms with Crippen molar-refractivity contribution in [1.82, 2.24) is 20.5 Å². The topological polar surface area (TPSA) is 53.6 Å². The molecular formula is C13H14N4S. The highest BCUT2D eigenvalue weighted by Gasteiger charge is 2.09. The fourth-order valence-electron chi connectivity index (χ4n) is 1.95. The summed E-state index contributed by atoms with van der Waals surface area (Å²) in [5.74, 6) is 0.870. The second-order valence-corrected chi connectivity index (χ2v) is 5.14. The molecule has 3 rings (SSSR count). The normalized spacial score (nSPS) is 12.9. The lowest BCUT2D eigenvalue weighted by molar-refractivity contribution is 0.550. The summed E-state index contributed by atoms with van der Waals surface area (Å²) in [5, 5.41) is 13.7. The van der Waals surface area contributed by atoms with Crippen molar-refractivity contribution in [3.8, 4) is 0 Å². The maximum Gasteiger partial charge on any atom is 0.141 e. The molecule has 0 spiro atoms. The number of aromatic nitrogens is 3. The molecule has 2 aromatic heterocycles. The Bertz CT molecular complexity index is 629. The Labute approximate surface area is 109 Å². The molecule has 4 nitrogen and oxygen atoms in total. The molecule has 0 fully saturated rings. The largest absolute Gasteiger partial charge is 0.303 e. The van der Waals surface area contributed by atoms with Gasteiger partial charge in [0.1, 0.15) is 12.2 Å². The van der Waals surface area contributed by atoms with Gasteiger partial charge >= 0.3 is 0 Å². The Hall–Kier alpha value is -1.72. The molecule has 1 atom stereocenters. The molecule has 0 saturated carbocycles. The zero-order chi connectivity index (χ0) is 12.4. The molecule has 0 aliphatic heterocycles. The number of benzene rings is 1. The predicted octanol–water partition coefficient (Wildman–Crippen LogP) is 2.87. The first-order chi connectivity index (χ1) is 8.84. The van der Waals surface area contributed by atoms with Gasteiger partial charge in [-0.2, -0.15) is 5.10 Å². The number of rotatable bonds is 4. The Kier molecular flexibility index (Phi) is 3.08. The minimum atomic E-state index is 0.172. The molecule has 0 aliphatic rings. The van der Waals surface area contributed by atoms with Crippen molar-refractivity contribution < 1.29 is 0 Å². The summed E-state index contributed by atoms with van der Waals surface area (Å²) in [6, 6.07) is 8.66. The monoisotopic (exact) mass is 258 g/mol. The zero-order valence-corrected chi connectivity index (χ0v) is 10.9. The van der Waals surface area contributed by atoms with Crippen LogP contribution in [0.4, 0.5) is 0 Å². The maximum absolute atomic E-state index is 4.15. The Balaban J connectivity index is 1.73. The number of nitrogens with one attached hydrogen (secondary N) is 2. The fraction of sp³-hybridized carbons (Fsp3) is 0.231. The number of hydrogen-bond donors (Lipinski definition) is 2. The molecule has 0 bridgehead atoms. The highest BCUT2D eigenvalue weighted by atomic mass is 32.1. The summed E-state index contributed by atoms with van der Waals surface area (Å²) < 4.78 is 1.33. The molecule has 3 aromatic rings. The van der Waals surface area contributed by atoms with E-state index in [9.17, 15) is 0 Å². The zero-order valence-electron chi connectivity index (χ0n) is 10.1. The first-order valence-corrected chi connectivity index (χ1v) is 6.76. The van der Waals surface area contributed by atoms with Crippen molar-refractivity contribution in [2.24, 2.45) is 0 Å². The second kappa shape index (κ2) is 4.88. The van der Waals surface area contributed by atoms with Crippen molar-refractivity contribution in [2.75, 3.05) is 0 Å². The van der Waals surface area contributed by atoms with E-state index in [0.29, 0.717) is 0 Å². The fourth-order valence-corrected chi connectivity index (χ4v) is 2.92. The van der Waals surface area contributed by atoms with Gasteiger partial charge in [0.25, 0.3) is 0 Å². The third kappa shape index (κ3) is 2.14. The smallest absolute Gasteiger partial charge is 0.141 e. The van der Waals surface area contributed by atoms with Gasteiger partial charge in [-0.05, 0) is 29.3 Å². The lowest BCUT2D eigenvalue weighted by Gasteiger charge is -2.10. The number of hydrogen-bond acceptors (Lipinski definition) is 4. The first kappa shape index (κ1) is 11.4. The molecule has 18 heavy (non-hydrogen) atoms. The summed E-state index contributed by atoms with van der Waals surface area (Å²) in [6.07, 6.45) is 1.54. The number of fused-ring (bicyclic) bond motifs is 1. The molecule has 1 aromatic carbocycles. The minimum absolute atomic E-state index is 0.172. The van der Waals surface area contributed by atoms with Gasteiger partial charge in [0.2, 0.25) is 0 Å². The standard InChI is InChI=1S/C13H14N4S/c1-9(13-15-8-16-17-13)14-6-10-7-18-12-5-3-2-4-11(10)12/h2-5,7-9,14H,6H2,1H3,(H,15,16,17). The molecule has 0 saturated heterocycles. The van der Waals surface area contributed by atoms with Gasteiger partial charge in [0, 0.05) is 11.2 Å². The molecule has 5 heteroatoms. The summed E-state index contributed by atoms with van der Waals surface area (Å²) >= 11 is 1.79. The van der Waals surface area contributed by atoms with Crippen molar-refractivity contribution in [3.05, 3.63) is 47.4 Å². The Morgan fingerprint density at radius 2 is 2.28 bits per heavy atom. The average Bonchev–Trinajstić information content (AvgIpc) is 3.06. The van der Waals surface area contributed by atoms with Crippen molar-refractivity contribution in [3.63, 3.8) is 0 Å². The molecule has 1 unspecified atom stereocenters. The van der Waals surface area contributed by atoms with Gasteiger partial charge in [0.05, 0.1) is 6.04 Å². The highest BCUT2D eigenvalue weighted by molar-refractivity contribution is 7.17. The molecule has 2 heterocycles. The third-order valence-electron chi connectivity index (χ3n) is 3.00. The van der Waals surface area contributed by atoms with Crippen LogP contribution in [0.15, 0.2) is 36.0 Å². The Morgan fingerprint density at radius 3 is 3.11 bits per heavy atom. The van der Waals surface area contributed by atoms with E-state index in [2.05, 4.69) is 57.1 Å². The van der Waals surface area contributed by atoms with Gasteiger partial charge in [-0.3, -0.25) is 5.10 Å². The van der Waals surface area contributed by atoms with E-state index in [1.54, 1.807) is 11.3 Å². The highest BCUT2D eigenvalue weighted by Crippen LogP contribution is 2.25. The second-order valence-electron chi connectivity index (χ2n) is 4.23. The van der Waals surface area contributed by atoms with Gasteiger partial charge in [-0.25, -0.2) is 4.98 Å². The van der Waals surface area contributed by atoms with E-state index in [1.165, 1.54) is 22.0 Å². The van der Waals surface area contributed by atoms with E-state index in [-0.39, 0.29) is 6.04 Å². The molecule has 0 radical (unpaired) electrons. The molecule has 0 aliphatic carbocycles. The quantitative estimate of drug-likeness (QED) is 0.756. The molecule has 2 N–H and O–H groups in total. The van der Waals surface area contributed by atoms with E-state index in [4.69, 9.17) is 0 Å². The lowest BCUT2D eigenvalue weighted by atomic mass is 10.1. The number of H-pyrrole nitrogens is 1. The van der Waals surface area contributed by atoms with Gasteiger partial charge in [-0.1, -0.05) is 18.2 Å². The van der Waals surface area contributed by atoms with E-state index in [1.807, 2.05) is 0 Å². The van der Waals surface area contributed by atoms with Gasteiger partial charge < -0.3 is 5.32 Å². The number of thiophene rings is 1. The van der Waals surface area contributed by atoms with Crippen LogP contribution in [0.5, 0.6) is 0 Å². The van der Waals surface area contributed by atoms with Crippen LogP contribution in [0.2, 0.25) is 0 Å². The summed E-state index contributed by atoms with van der Waals surface area (Å²) in [4.78, 5) is 4.15. The van der Waals surface area contributed by atoms with E-state index in [0.717, 1.165) is 12.4 Å². The molecule has 0 amide bonds. The SMILES string of the molecule is CC(NCc1csc2ccccc12)c1ncn[nH]1. The van der Waals surface area contributed by atoms with Gasteiger partial charge in [0.15, 0.2) is 0 Å². The van der Waals surface area contributed by atoms with Crippen LogP contribution in [0.25, 0.3) is 10.1 Å². The maximum atomic E-state index is 4.15. The van der Waals surface area contributed by atoms with Crippen LogP contribution in [0.1, 0.15) is 24.4 Å². The minimum Gasteiger partial charge on any atom is -0.303 e. The van der Waals surface area contributed by atoms with Crippen LogP contribution >= 0.6 is 11.3 Å². The summed E-state index contributed by atoms with van der Waals surface area (Å²) in [7, 11) is 0. The van der Waals surface area contributed by atoms with Crippen LogP contribution in [0.3, 0.4) is 0 Å². The van der Waals surface area contributed by atoms with Crippen LogP contribution in [-0.2, 0) is 6.54 Å². The van der Waals surface area contributed by atoms with E-state index >= 15 is 0 Å². The molecular weight excluding hydrogens is 244 g/mol. The van der Waals surface area contributed by atoms with Crippen LogP contribution in [-0.4, -0.2) is 15.2 Å². The summed E-state index contributed by atoms with van der Waals surface area (Å²) in [5.41, 5.74) is 1.34. The van der Waals surface area contributed by atoms with Crippen LogP contribution in [0, 0.1) is 0 Å².